The standard InChI is InChI=1S/C22H12F6O3/c23-21(24,25)15-5-7-16(8-6-15)31-17-9-10-18(19(11-17)22(26,27)28)20(30)14-3-1-13(12-29)2-4-14/h1-12H. The molecule has 31 heavy (non-hydrogen) atoms. The third kappa shape index (κ3) is 5.11. The zero-order valence-corrected chi connectivity index (χ0v) is 15.4. The summed E-state index contributed by atoms with van der Waals surface area (Å²) in [7, 11) is 0. The SMILES string of the molecule is O=Cc1ccc(C(=O)c2ccc(Oc3ccc(C(F)(F)F)cc3)cc2C(F)(F)F)cc1. The Balaban J connectivity index is 1.93. The molecule has 0 spiro atoms. The highest BCUT2D eigenvalue weighted by Gasteiger charge is 2.36. The van der Waals surface area contributed by atoms with Crippen LogP contribution < -0.4 is 4.74 Å². The zero-order valence-electron chi connectivity index (χ0n) is 15.4. The molecule has 0 saturated heterocycles. The van der Waals surface area contributed by atoms with E-state index < -0.39 is 34.8 Å². The number of halogens is 6. The fourth-order valence-electron chi connectivity index (χ4n) is 2.74. The molecule has 3 rings (SSSR count). The van der Waals surface area contributed by atoms with E-state index in [1.165, 1.54) is 24.3 Å². The Labute approximate surface area is 171 Å². The van der Waals surface area contributed by atoms with E-state index >= 15 is 0 Å². The summed E-state index contributed by atoms with van der Waals surface area (Å²) >= 11 is 0. The Kier molecular flexibility index (Phi) is 5.88. The van der Waals surface area contributed by atoms with Gasteiger partial charge in [0.2, 0.25) is 0 Å². The number of benzene rings is 3. The molecule has 0 heterocycles. The zero-order chi connectivity index (χ0) is 22.8. The van der Waals surface area contributed by atoms with Gasteiger partial charge in [0.1, 0.15) is 17.8 Å². The van der Waals surface area contributed by atoms with E-state index in [1.54, 1.807) is 0 Å². The van der Waals surface area contributed by atoms with Crippen molar-refractivity contribution in [3.05, 3.63) is 94.5 Å². The summed E-state index contributed by atoms with van der Waals surface area (Å²) in [6.45, 7) is 0. The van der Waals surface area contributed by atoms with Gasteiger partial charge >= 0.3 is 12.4 Å². The highest BCUT2D eigenvalue weighted by Crippen LogP contribution is 2.37. The first-order valence-corrected chi connectivity index (χ1v) is 8.65. The highest BCUT2D eigenvalue weighted by atomic mass is 19.4. The van der Waals surface area contributed by atoms with Gasteiger partial charge in [-0.05, 0) is 42.5 Å². The van der Waals surface area contributed by atoms with Crippen LogP contribution in [0, 0.1) is 0 Å². The molecule has 0 bridgehead atoms. The molecule has 3 aromatic carbocycles. The largest absolute Gasteiger partial charge is 0.457 e. The fraction of sp³-hybridized carbons (Fsp3) is 0.0909. The van der Waals surface area contributed by atoms with E-state index in [2.05, 4.69) is 0 Å². The second kappa shape index (κ2) is 8.25. The third-order valence-electron chi connectivity index (χ3n) is 4.27. The van der Waals surface area contributed by atoms with Crippen LogP contribution in [0.1, 0.15) is 37.4 Å². The van der Waals surface area contributed by atoms with Gasteiger partial charge in [0.25, 0.3) is 0 Å². The van der Waals surface area contributed by atoms with E-state index in [1.807, 2.05) is 0 Å². The lowest BCUT2D eigenvalue weighted by Gasteiger charge is -2.15. The fourth-order valence-corrected chi connectivity index (χ4v) is 2.74. The molecule has 3 aromatic rings. The number of ether oxygens (including phenoxy) is 1. The van der Waals surface area contributed by atoms with Gasteiger partial charge in [-0.25, -0.2) is 0 Å². The maximum absolute atomic E-state index is 13.6. The van der Waals surface area contributed by atoms with Gasteiger partial charge in [-0.1, -0.05) is 24.3 Å². The maximum Gasteiger partial charge on any atom is 0.417 e. The minimum absolute atomic E-state index is 0.0486. The Morgan fingerprint density at radius 2 is 1.32 bits per heavy atom. The predicted octanol–water partition coefficient (Wildman–Crippen LogP) is 6.56. The van der Waals surface area contributed by atoms with Crippen LogP contribution in [-0.2, 0) is 12.4 Å². The van der Waals surface area contributed by atoms with E-state index in [0.717, 1.165) is 36.4 Å². The average Bonchev–Trinajstić information content (AvgIpc) is 2.72. The second-order valence-corrected chi connectivity index (χ2v) is 6.40. The lowest BCUT2D eigenvalue weighted by Crippen LogP contribution is -2.14. The lowest BCUT2D eigenvalue weighted by molar-refractivity contribution is -0.138. The molecule has 0 aromatic heterocycles. The van der Waals surface area contributed by atoms with Crippen molar-refractivity contribution in [1.29, 1.82) is 0 Å². The first kappa shape index (κ1) is 22.1. The third-order valence-corrected chi connectivity index (χ3v) is 4.27. The smallest absolute Gasteiger partial charge is 0.417 e. The number of hydrogen-bond acceptors (Lipinski definition) is 3. The van der Waals surface area contributed by atoms with Gasteiger partial charge in [-0.2, -0.15) is 26.3 Å². The van der Waals surface area contributed by atoms with Crippen molar-refractivity contribution in [3.63, 3.8) is 0 Å². The minimum atomic E-state index is -4.90. The molecule has 0 unspecified atom stereocenters. The number of carbonyl (C=O) groups excluding carboxylic acids is 2. The van der Waals surface area contributed by atoms with Crippen LogP contribution in [0.5, 0.6) is 11.5 Å². The van der Waals surface area contributed by atoms with Crippen molar-refractivity contribution in [2.45, 2.75) is 12.4 Å². The minimum Gasteiger partial charge on any atom is -0.457 e. The maximum atomic E-state index is 13.6. The van der Waals surface area contributed by atoms with Crippen molar-refractivity contribution in [2.24, 2.45) is 0 Å². The number of aldehydes is 1. The van der Waals surface area contributed by atoms with Crippen LogP contribution in [0.3, 0.4) is 0 Å². The molecule has 3 nitrogen and oxygen atoms in total. The van der Waals surface area contributed by atoms with Gasteiger partial charge in [0.05, 0.1) is 11.1 Å². The Bertz CT molecular complexity index is 1100. The summed E-state index contributed by atoms with van der Waals surface area (Å²) in [5.41, 5.74) is -2.62. The molecule has 0 fully saturated rings. The molecule has 0 aliphatic heterocycles. The number of ketones is 1. The van der Waals surface area contributed by atoms with E-state index in [9.17, 15) is 35.9 Å². The van der Waals surface area contributed by atoms with E-state index in [-0.39, 0.29) is 22.6 Å². The number of rotatable bonds is 5. The van der Waals surface area contributed by atoms with Crippen LogP contribution in [0.4, 0.5) is 26.3 Å². The van der Waals surface area contributed by atoms with Crippen molar-refractivity contribution < 1.29 is 40.7 Å². The summed E-state index contributed by atoms with van der Waals surface area (Å²) in [5.74, 6) is -1.32. The van der Waals surface area contributed by atoms with Gasteiger partial charge in [0, 0.05) is 16.7 Å². The molecule has 0 atom stereocenters. The first-order chi connectivity index (χ1) is 14.5. The Morgan fingerprint density at radius 1 is 0.742 bits per heavy atom. The molecule has 160 valence electrons. The molecule has 9 heteroatoms. The lowest BCUT2D eigenvalue weighted by atomic mass is 9.97. The second-order valence-electron chi connectivity index (χ2n) is 6.40. The van der Waals surface area contributed by atoms with Crippen LogP contribution in [0.25, 0.3) is 0 Å². The van der Waals surface area contributed by atoms with Gasteiger partial charge < -0.3 is 4.74 Å². The van der Waals surface area contributed by atoms with Crippen molar-refractivity contribution in [3.8, 4) is 11.5 Å². The molecule has 0 amide bonds. The van der Waals surface area contributed by atoms with Crippen molar-refractivity contribution in [1.82, 2.24) is 0 Å². The topological polar surface area (TPSA) is 43.4 Å². The number of carbonyl (C=O) groups is 2. The average molecular weight is 438 g/mol. The number of hydrogen-bond donors (Lipinski definition) is 0. The Hall–Kier alpha value is -3.62. The van der Waals surface area contributed by atoms with Crippen molar-refractivity contribution >= 4 is 12.1 Å². The van der Waals surface area contributed by atoms with Crippen LogP contribution >= 0.6 is 0 Å². The van der Waals surface area contributed by atoms with Crippen LogP contribution in [-0.4, -0.2) is 12.1 Å². The monoisotopic (exact) mass is 438 g/mol. The molecular weight excluding hydrogens is 426 g/mol. The molecule has 0 N–H and O–H groups in total. The van der Waals surface area contributed by atoms with Crippen LogP contribution in [0.15, 0.2) is 66.7 Å². The number of alkyl halides is 6. The van der Waals surface area contributed by atoms with Crippen molar-refractivity contribution in [2.75, 3.05) is 0 Å². The molecule has 0 aliphatic rings. The van der Waals surface area contributed by atoms with Gasteiger partial charge in [-0.15, -0.1) is 0 Å². The summed E-state index contributed by atoms with van der Waals surface area (Å²) in [5, 5.41) is 0. The summed E-state index contributed by atoms with van der Waals surface area (Å²) in [6.07, 6.45) is -8.93. The molecule has 0 aliphatic carbocycles. The summed E-state index contributed by atoms with van der Waals surface area (Å²) < 4.78 is 83.8. The van der Waals surface area contributed by atoms with Gasteiger partial charge in [0.15, 0.2) is 5.78 Å². The van der Waals surface area contributed by atoms with Crippen LogP contribution in [0.2, 0.25) is 0 Å². The van der Waals surface area contributed by atoms with E-state index in [0.29, 0.717) is 12.4 Å². The highest BCUT2D eigenvalue weighted by molar-refractivity contribution is 6.10. The summed E-state index contributed by atoms with van der Waals surface area (Å²) in [4.78, 5) is 23.3. The van der Waals surface area contributed by atoms with E-state index in [4.69, 9.17) is 4.74 Å². The Morgan fingerprint density at radius 3 is 1.84 bits per heavy atom. The quantitative estimate of drug-likeness (QED) is 0.257. The summed E-state index contributed by atoms with van der Waals surface area (Å²) in [6, 6.07) is 11.1. The molecule has 0 radical (unpaired) electrons. The van der Waals surface area contributed by atoms with Gasteiger partial charge in [-0.3, -0.25) is 9.59 Å². The normalized spacial score (nSPS) is 11.8. The molecule has 0 saturated carbocycles. The first-order valence-electron chi connectivity index (χ1n) is 8.65. The predicted molar refractivity (Wildman–Crippen MR) is 98.2 cm³/mol. The molecular formula is C22H12F6O3.